The molecule has 0 aromatic rings. The van der Waals surface area contributed by atoms with Crippen molar-refractivity contribution in [1.29, 1.82) is 0 Å². The fourth-order valence-electron chi connectivity index (χ4n) is 8.31. The highest BCUT2D eigenvalue weighted by Crippen LogP contribution is 2.70. The Kier molecular flexibility index (Phi) is 8.14. The first kappa shape index (κ1) is 31.0. The molecule has 0 saturated heterocycles. The predicted octanol–water partition coefficient (Wildman–Crippen LogP) is 11.0. The molecule has 198 valence electrons. The predicted molar refractivity (Wildman–Crippen MR) is 178 cm³/mol. The molecule has 2 aliphatic carbocycles. The first-order valence-corrected chi connectivity index (χ1v) is 35.3. The van der Waals surface area contributed by atoms with Crippen molar-refractivity contribution in [2.75, 3.05) is 0 Å². The lowest BCUT2D eigenvalue weighted by Gasteiger charge is -2.62. The van der Waals surface area contributed by atoms with Gasteiger partial charge < -0.3 is 0 Å². The minimum absolute atomic E-state index is 0.420. The monoisotopic (exact) mass is 566 g/mol. The summed E-state index contributed by atoms with van der Waals surface area (Å²) in [7, 11) is -8.49. The van der Waals surface area contributed by atoms with E-state index in [0.29, 0.717) is 4.66 Å². The Morgan fingerprint density at radius 1 is 0.618 bits per heavy atom. The normalized spacial score (nSPS) is 27.5. The van der Waals surface area contributed by atoms with Crippen LogP contribution in [0.1, 0.15) is 12.8 Å². The van der Waals surface area contributed by atoms with Gasteiger partial charge in [-0.15, -0.1) is 0 Å². The minimum Gasteiger partial charge on any atom is -0.0840 e. The van der Waals surface area contributed by atoms with E-state index in [1.807, 2.05) is 16.3 Å². The van der Waals surface area contributed by atoms with Gasteiger partial charge in [0, 0.05) is 16.1 Å². The van der Waals surface area contributed by atoms with Gasteiger partial charge >= 0.3 is 0 Å². The van der Waals surface area contributed by atoms with Crippen LogP contribution in [0.4, 0.5) is 0 Å². The van der Waals surface area contributed by atoms with Gasteiger partial charge in [0.2, 0.25) is 0 Å². The third kappa shape index (κ3) is 5.47. The molecule has 0 aromatic heterocycles. The molecular weight excluding hydrogens is 505 g/mol. The van der Waals surface area contributed by atoms with Gasteiger partial charge in [0.05, 0.1) is 32.3 Å². The molecule has 34 heavy (non-hydrogen) atoms. The summed E-state index contributed by atoms with van der Waals surface area (Å²) in [4.78, 5) is 0. The SMILES string of the molecule is C[Si](C)(C)C1=CC([Si](C)(C)C)([Si](C)(C)C)C2=C(C1)[C@@H]([Si](C)(C)C)[C@H]([Si](C)(C)C)[C@@H]([Si](C)(C)C)C2. The molecule has 0 aliphatic heterocycles. The molecule has 2 rings (SSSR count). The quantitative estimate of drug-likeness (QED) is 0.221. The summed E-state index contributed by atoms with van der Waals surface area (Å²) in [5.74, 6) is 0. The van der Waals surface area contributed by atoms with Crippen molar-refractivity contribution in [2.24, 2.45) is 0 Å². The second-order valence-corrected chi connectivity index (χ2v) is 50.8. The van der Waals surface area contributed by atoms with Crippen LogP contribution in [-0.4, -0.2) is 48.4 Å². The maximum absolute atomic E-state index is 3.02. The molecule has 3 atom stereocenters. The Balaban J connectivity index is 3.11. The number of hydrogen-bond donors (Lipinski definition) is 0. The maximum Gasteiger partial charge on any atom is 0.0724 e. The van der Waals surface area contributed by atoms with Crippen LogP contribution in [0, 0.1) is 0 Å². The second-order valence-electron chi connectivity index (χ2n) is 18.3. The molecule has 0 saturated carbocycles. The summed E-state index contributed by atoms with van der Waals surface area (Å²) in [6, 6.07) is 0. The lowest BCUT2D eigenvalue weighted by molar-refractivity contribution is 0.582. The molecule has 0 bridgehead atoms. The number of allylic oxidation sites excluding steroid dienone is 4. The summed E-state index contributed by atoms with van der Waals surface area (Å²) in [5, 5.41) is 1.92. The van der Waals surface area contributed by atoms with Crippen molar-refractivity contribution in [3.05, 3.63) is 22.4 Å². The third-order valence-corrected chi connectivity index (χ3v) is 30.7. The van der Waals surface area contributed by atoms with Crippen LogP contribution in [0.2, 0.25) is 139 Å². The highest BCUT2D eigenvalue weighted by Gasteiger charge is 2.61. The fraction of sp³-hybridized carbons (Fsp3) is 0.857. The maximum atomic E-state index is 3.02. The summed E-state index contributed by atoms with van der Waals surface area (Å²) in [6.45, 7) is 48.8. The van der Waals surface area contributed by atoms with Gasteiger partial charge in [-0.05, 0) is 34.1 Å². The average Bonchev–Trinajstić information content (AvgIpc) is 2.53. The molecule has 0 heterocycles. The third-order valence-electron chi connectivity index (χ3n) is 9.60. The Bertz CT molecular complexity index is 824. The van der Waals surface area contributed by atoms with Crippen molar-refractivity contribution in [3.8, 4) is 0 Å². The lowest BCUT2D eigenvalue weighted by atomic mass is 9.82. The molecule has 2 aliphatic rings. The Hall–Kier alpha value is 0.781. The zero-order valence-corrected chi connectivity index (χ0v) is 32.7. The highest BCUT2D eigenvalue weighted by atomic mass is 28.4. The first-order valence-electron chi connectivity index (χ1n) is 14.1. The van der Waals surface area contributed by atoms with E-state index in [1.54, 1.807) is 0 Å². The van der Waals surface area contributed by atoms with Gasteiger partial charge in [0.1, 0.15) is 0 Å². The number of rotatable bonds is 6. The van der Waals surface area contributed by atoms with Crippen LogP contribution >= 0.6 is 0 Å². The number of hydrogen-bond acceptors (Lipinski definition) is 0. The highest BCUT2D eigenvalue weighted by molar-refractivity contribution is 7.01. The van der Waals surface area contributed by atoms with Crippen molar-refractivity contribution in [2.45, 2.75) is 152 Å². The van der Waals surface area contributed by atoms with Crippen LogP contribution in [0.25, 0.3) is 0 Å². The summed E-state index contributed by atoms with van der Waals surface area (Å²) in [5.41, 5.74) is 6.91. The van der Waals surface area contributed by atoms with Gasteiger partial charge in [0.15, 0.2) is 0 Å². The molecule has 0 spiro atoms. The van der Waals surface area contributed by atoms with E-state index in [0.717, 1.165) is 16.6 Å². The van der Waals surface area contributed by atoms with E-state index >= 15 is 0 Å². The van der Waals surface area contributed by atoms with Crippen LogP contribution < -0.4 is 0 Å². The largest absolute Gasteiger partial charge is 0.0840 e. The molecule has 0 unspecified atom stereocenters. The minimum atomic E-state index is -1.52. The average molecular weight is 567 g/mol. The van der Waals surface area contributed by atoms with Crippen molar-refractivity contribution < 1.29 is 0 Å². The molecule has 0 N–H and O–H groups in total. The Labute approximate surface area is 221 Å². The van der Waals surface area contributed by atoms with Gasteiger partial charge in [-0.2, -0.15) is 0 Å². The molecule has 0 amide bonds. The van der Waals surface area contributed by atoms with Crippen molar-refractivity contribution >= 4 is 48.4 Å². The topological polar surface area (TPSA) is 0 Å². The standard InChI is InChI=1S/C28H62Si6/c1-29(2,3)22-19-23-24(28(21-22,33(13,14)15)34(16,17)18)20-25(30(4,5)6)27(32(10,11)12)26(23)31(7,8)9/h21,25-27H,19-20H2,1-18H3/t25-,26+,27+/m0/s1. The van der Waals surface area contributed by atoms with E-state index < -0.39 is 48.4 Å². The van der Waals surface area contributed by atoms with E-state index in [4.69, 9.17) is 0 Å². The first-order chi connectivity index (χ1) is 14.7. The summed E-state index contributed by atoms with van der Waals surface area (Å²) < 4.78 is 0.420. The Morgan fingerprint density at radius 3 is 1.35 bits per heavy atom. The van der Waals surface area contributed by atoms with E-state index in [2.05, 4.69) is 124 Å². The zero-order valence-electron chi connectivity index (χ0n) is 26.7. The van der Waals surface area contributed by atoms with Crippen molar-refractivity contribution in [1.82, 2.24) is 0 Å². The van der Waals surface area contributed by atoms with Crippen LogP contribution in [0.3, 0.4) is 0 Å². The molecular formula is C28H62Si6. The van der Waals surface area contributed by atoms with Gasteiger partial charge in [-0.25, -0.2) is 0 Å². The zero-order chi connectivity index (χ0) is 27.1. The molecule has 0 radical (unpaired) electrons. The van der Waals surface area contributed by atoms with Crippen LogP contribution in [0.5, 0.6) is 0 Å². The fourth-order valence-corrected chi connectivity index (χ4v) is 36.0. The van der Waals surface area contributed by atoms with E-state index in [9.17, 15) is 0 Å². The van der Waals surface area contributed by atoms with Gasteiger partial charge in [-0.3, -0.25) is 0 Å². The van der Waals surface area contributed by atoms with E-state index in [1.165, 1.54) is 12.8 Å². The molecule has 0 fully saturated rings. The van der Waals surface area contributed by atoms with E-state index in [-0.39, 0.29) is 0 Å². The van der Waals surface area contributed by atoms with Gasteiger partial charge in [0.25, 0.3) is 0 Å². The summed E-state index contributed by atoms with van der Waals surface area (Å²) in [6.07, 6.45) is 5.81. The van der Waals surface area contributed by atoms with Crippen molar-refractivity contribution in [3.63, 3.8) is 0 Å². The van der Waals surface area contributed by atoms with Crippen LogP contribution in [0.15, 0.2) is 22.4 Å². The smallest absolute Gasteiger partial charge is 0.0724 e. The van der Waals surface area contributed by atoms with Gasteiger partial charge in [-0.1, -0.05) is 140 Å². The summed E-state index contributed by atoms with van der Waals surface area (Å²) >= 11 is 0. The second kappa shape index (κ2) is 8.92. The Morgan fingerprint density at radius 2 is 1.06 bits per heavy atom. The molecule has 0 nitrogen and oxygen atoms in total. The lowest BCUT2D eigenvalue weighted by Crippen LogP contribution is -2.59. The molecule has 6 heteroatoms. The molecule has 0 aromatic carbocycles. The van der Waals surface area contributed by atoms with Crippen LogP contribution in [-0.2, 0) is 0 Å².